The van der Waals surface area contributed by atoms with Gasteiger partial charge in [-0.1, -0.05) is 0 Å². The Morgan fingerprint density at radius 1 is 1.85 bits per heavy atom. The van der Waals surface area contributed by atoms with E-state index in [0.29, 0.717) is 0 Å². The van der Waals surface area contributed by atoms with Gasteiger partial charge in [-0.3, -0.25) is 10.1 Å². The second kappa shape index (κ2) is 3.84. The minimum atomic E-state index is -0.410. The average Bonchev–Trinajstić information content (AvgIpc) is 2.51. The Hall–Kier alpha value is -1.65. The maximum absolute atomic E-state index is 10.3. The first-order valence-corrected chi connectivity index (χ1v) is 3.98. The zero-order valence-electron chi connectivity index (χ0n) is 7.60. The fourth-order valence-electron chi connectivity index (χ4n) is 0.982. The molecule has 1 aromatic heterocycles. The van der Waals surface area contributed by atoms with Crippen molar-refractivity contribution in [3.8, 4) is 0 Å². The van der Waals surface area contributed by atoms with Crippen molar-refractivity contribution < 1.29 is 4.92 Å². The number of nitro groups is 1. The van der Waals surface area contributed by atoms with E-state index in [1.165, 1.54) is 13.0 Å². The van der Waals surface area contributed by atoms with E-state index in [1.807, 2.05) is 11.5 Å². The molecule has 0 saturated carbocycles. The van der Waals surface area contributed by atoms with Crippen molar-refractivity contribution in [3.63, 3.8) is 0 Å². The van der Waals surface area contributed by atoms with Crippen LogP contribution in [0.4, 0.5) is 0 Å². The van der Waals surface area contributed by atoms with E-state index >= 15 is 0 Å². The lowest BCUT2D eigenvalue weighted by Gasteiger charge is -1.98. The molecule has 1 aromatic rings. The second-order valence-corrected chi connectivity index (χ2v) is 2.65. The molecule has 1 rings (SSSR count). The van der Waals surface area contributed by atoms with E-state index in [9.17, 15) is 10.1 Å². The molecule has 0 spiro atoms. The first-order chi connectivity index (χ1) is 6.15. The second-order valence-electron chi connectivity index (χ2n) is 2.65. The van der Waals surface area contributed by atoms with Crippen LogP contribution in [0.1, 0.15) is 19.5 Å². The first-order valence-electron chi connectivity index (χ1n) is 3.98. The highest BCUT2D eigenvalue weighted by Crippen LogP contribution is 2.06. The molecule has 0 aliphatic rings. The van der Waals surface area contributed by atoms with Crippen molar-refractivity contribution in [1.82, 2.24) is 9.55 Å². The van der Waals surface area contributed by atoms with Crippen LogP contribution in [-0.2, 0) is 6.54 Å². The molecule has 70 valence electrons. The number of nitrogens with zero attached hydrogens (tertiary/aromatic N) is 3. The van der Waals surface area contributed by atoms with Crippen LogP contribution in [0.2, 0.25) is 0 Å². The summed E-state index contributed by atoms with van der Waals surface area (Å²) < 4.78 is 1.84. The van der Waals surface area contributed by atoms with Gasteiger partial charge in [0.15, 0.2) is 0 Å². The monoisotopic (exact) mass is 181 g/mol. The molecule has 0 unspecified atom stereocenters. The fourth-order valence-corrected chi connectivity index (χ4v) is 0.982. The molecule has 5 heteroatoms. The molecule has 0 radical (unpaired) electrons. The molecule has 0 bridgehead atoms. The molecule has 0 aliphatic carbocycles. The van der Waals surface area contributed by atoms with Crippen LogP contribution in [-0.4, -0.2) is 14.5 Å². The fraction of sp³-hybridized carbons (Fsp3) is 0.375. The van der Waals surface area contributed by atoms with E-state index < -0.39 is 4.92 Å². The Morgan fingerprint density at radius 2 is 2.54 bits per heavy atom. The SMILES string of the molecule is CCn1cncc1C=C(C)[N+](=O)[O-]. The van der Waals surface area contributed by atoms with Crippen molar-refractivity contribution in [2.45, 2.75) is 20.4 Å². The molecule has 1 heterocycles. The van der Waals surface area contributed by atoms with Gasteiger partial charge in [0, 0.05) is 19.5 Å². The van der Waals surface area contributed by atoms with Gasteiger partial charge in [-0.25, -0.2) is 4.98 Å². The molecule has 13 heavy (non-hydrogen) atoms. The van der Waals surface area contributed by atoms with Crippen LogP contribution < -0.4 is 0 Å². The van der Waals surface area contributed by atoms with Gasteiger partial charge in [-0.2, -0.15) is 0 Å². The van der Waals surface area contributed by atoms with Gasteiger partial charge in [-0.05, 0) is 6.92 Å². The lowest BCUT2D eigenvalue weighted by Crippen LogP contribution is -1.97. The van der Waals surface area contributed by atoms with Crippen LogP contribution in [0, 0.1) is 10.1 Å². The van der Waals surface area contributed by atoms with Crippen LogP contribution in [0.3, 0.4) is 0 Å². The van der Waals surface area contributed by atoms with Crippen LogP contribution >= 0.6 is 0 Å². The molecule has 0 aromatic carbocycles. The number of aromatic nitrogens is 2. The number of allylic oxidation sites excluding steroid dienone is 1. The van der Waals surface area contributed by atoms with Gasteiger partial charge in [-0.15, -0.1) is 0 Å². The number of aryl methyl sites for hydroxylation is 1. The van der Waals surface area contributed by atoms with E-state index in [2.05, 4.69) is 4.98 Å². The summed E-state index contributed by atoms with van der Waals surface area (Å²) in [5.41, 5.74) is 0.881. The zero-order chi connectivity index (χ0) is 9.84. The standard InChI is InChI=1S/C8H11N3O2/c1-3-10-6-9-5-8(10)4-7(2)11(12)13/h4-6H,3H2,1-2H3. The topological polar surface area (TPSA) is 61.0 Å². The number of hydrogen-bond donors (Lipinski definition) is 0. The summed E-state index contributed by atoms with van der Waals surface area (Å²) in [6.45, 7) is 4.18. The highest BCUT2D eigenvalue weighted by molar-refractivity contribution is 5.45. The normalized spacial score (nSPS) is 11.7. The zero-order valence-corrected chi connectivity index (χ0v) is 7.60. The highest BCUT2D eigenvalue weighted by Gasteiger charge is 2.04. The third-order valence-electron chi connectivity index (χ3n) is 1.73. The minimum absolute atomic E-state index is 0.121. The maximum Gasteiger partial charge on any atom is 0.245 e. The maximum atomic E-state index is 10.3. The smallest absolute Gasteiger partial charge is 0.245 e. The van der Waals surface area contributed by atoms with Gasteiger partial charge in [0.1, 0.15) is 0 Å². The quantitative estimate of drug-likeness (QED) is 0.525. The number of imidazole rings is 1. The molecule has 5 nitrogen and oxygen atoms in total. The molecule has 0 aliphatic heterocycles. The van der Waals surface area contributed by atoms with Gasteiger partial charge in [0.2, 0.25) is 5.70 Å². The third kappa shape index (κ3) is 2.14. The van der Waals surface area contributed by atoms with Gasteiger partial charge >= 0.3 is 0 Å². The predicted octanol–water partition coefficient (Wildman–Crippen LogP) is 1.54. The predicted molar refractivity (Wildman–Crippen MR) is 48.5 cm³/mol. The number of hydrogen-bond acceptors (Lipinski definition) is 3. The first kappa shape index (κ1) is 9.44. The van der Waals surface area contributed by atoms with Gasteiger partial charge in [0.25, 0.3) is 0 Å². The number of rotatable bonds is 3. The summed E-state index contributed by atoms with van der Waals surface area (Å²) in [6, 6.07) is 0. The summed E-state index contributed by atoms with van der Waals surface area (Å²) in [6.07, 6.45) is 4.77. The molecular weight excluding hydrogens is 170 g/mol. The highest BCUT2D eigenvalue weighted by atomic mass is 16.6. The van der Waals surface area contributed by atoms with E-state index in [-0.39, 0.29) is 5.70 Å². The van der Waals surface area contributed by atoms with E-state index in [0.717, 1.165) is 12.2 Å². The van der Waals surface area contributed by atoms with Crippen molar-refractivity contribution in [1.29, 1.82) is 0 Å². The molecular formula is C8H11N3O2. The summed E-state index contributed by atoms with van der Waals surface area (Å²) in [7, 11) is 0. The largest absolute Gasteiger partial charge is 0.331 e. The van der Waals surface area contributed by atoms with Gasteiger partial charge in [0.05, 0.1) is 23.1 Å². The summed E-state index contributed by atoms with van der Waals surface area (Å²) in [5.74, 6) is 0. The third-order valence-corrected chi connectivity index (χ3v) is 1.73. The Bertz CT molecular complexity index is 341. The van der Waals surface area contributed by atoms with E-state index in [1.54, 1.807) is 12.5 Å². The lowest BCUT2D eigenvalue weighted by molar-refractivity contribution is -0.422. The average molecular weight is 181 g/mol. The molecule has 0 atom stereocenters. The Balaban J connectivity index is 2.96. The van der Waals surface area contributed by atoms with Crippen molar-refractivity contribution in [3.05, 3.63) is 34.0 Å². The van der Waals surface area contributed by atoms with Crippen LogP contribution in [0.15, 0.2) is 18.2 Å². The molecule has 0 amide bonds. The molecule has 0 N–H and O–H groups in total. The van der Waals surface area contributed by atoms with Crippen molar-refractivity contribution in [2.75, 3.05) is 0 Å². The Labute approximate surface area is 75.9 Å². The lowest BCUT2D eigenvalue weighted by atomic mass is 10.3. The molecule has 0 saturated heterocycles. The van der Waals surface area contributed by atoms with Crippen molar-refractivity contribution >= 4 is 6.08 Å². The summed E-state index contributed by atoms with van der Waals surface area (Å²) in [4.78, 5) is 13.8. The minimum Gasteiger partial charge on any atom is -0.331 e. The van der Waals surface area contributed by atoms with Crippen LogP contribution in [0.5, 0.6) is 0 Å². The van der Waals surface area contributed by atoms with Crippen molar-refractivity contribution in [2.24, 2.45) is 0 Å². The summed E-state index contributed by atoms with van der Waals surface area (Å²) in [5, 5.41) is 10.3. The Kier molecular flexibility index (Phi) is 2.79. The van der Waals surface area contributed by atoms with E-state index in [4.69, 9.17) is 0 Å². The molecule has 0 fully saturated rings. The van der Waals surface area contributed by atoms with Gasteiger partial charge < -0.3 is 4.57 Å². The summed E-state index contributed by atoms with van der Waals surface area (Å²) >= 11 is 0. The van der Waals surface area contributed by atoms with Crippen LogP contribution in [0.25, 0.3) is 6.08 Å². The Morgan fingerprint density at radius 3 is 3.08 bits per heavy atom.